The van der Waals surface area contributed by atoms with Crippen molar-refractivity contribution in [1.82, 2.24) is 9.80 Å². The molecule has 0 aromatic heterocycles. The zero-order chi connectivity index (χ0) is 14.5. The topological polar surface area (TPSA) is 84.8 Å². The van der Waals surface area contributed by atoms with Crippen LogP contribution in [0.1, 0.15) is 0 Å². The third kappa shape index (κ3) is 2.79. The van der Waals surface area contributed by atoms with Gasteiger partial charge in [0.15, 0.2) is 5.88 Å². The van der Waals surface area contributed by atoms with Gasteiger partial charge in [0.2, 0.25) is 6.41 Å². The summed E-state index contributed by atoms with van der Waals surface area (Å²) >= 11 is 0. The van der Waals surface area contributed by atoms with Crippen LogP contribution < -0.4 is 21.9 Å². The van der Waals surface area contributed by atoms with E-state index in [0.717, 1.165) is 16.8 Å². The van der Waals surface area contributed by atoms with E-state index in [-0.39, 0.29) is 0 Å². The van der Waals surface area contributed by atoms with Crippen molar-refractivity contribution in [2.45, 2.75) is 0 Å². The van der Waals surface area contributed by atoms with Gasteiger partial charge in [0.1, 0.15) is 5.82 Å². The quantitative estimate of drug-likeness (QED) is 0.634. The summed E-state index contributed by atoms with van der Waals surface area (Å²) in [6, 6.07) is 7.60. The number of hydrogen-bond donors (Lipinski definition) is 2. The number of benzene rings is 1. The van der Waals surface area contributed by atoms with E-state index < -0.39 is 0 Å². The minimum absolute atomic E-state index is 0.343. The number of nitrogens with zero attached hydrogens (tertiary/aromatic N) is 2. The molecule has 1 aromatic carbocycles. The summed E-state index contributed by atoms with van der Waals surface area (Å²) in [6.45, 7) is 2.78. The summed E-state index contributed by atoms with van der Waals surface area (Å²) in [5.41, 5.74) is 12.1. The molecule has 108 valence electrons. The number of piperazine rings is 1. The Labute approximate surface area is 117 Å². The Morgan fingerprint density at radius 1 is 1.15 bits per heavy atom. The molecule has 6 heteroatoms. The highest BCUT2D eigenvalue weighted by molar-refractivity contribution is 5.48. The van der Waals surface area contributed by atoms with Crippen LogP contribution in [0.5, 0.6) is 0 Å². The first-order valence-corrected chi connectivity index (χ1v) is 6.50. The van der Waals surface area contributed by atoms with Gasteiger partial charge in [0.25, 0.3) is 0 Å². The molecule has 0 radical (unpaired) electrons. The smallest absolute Gasteiger partial charge is 0.209 e. The third-order valence-electron chi connectivity index (χ3n) is 3.49. The monoisotopic (exact) mass is 276 g/mol. The van der Waals surface area contributed by atoms with Gasteiger partial charge in [-0.25, -0.2) is 0 Å². The van der Waals surface area contributed by atoms with Gasteiger partial charge in [-0.3, -0.25) is 4.79 Å². The van der Waals surface area contributed by atoms with Crippen LogP contribution in [0, 0.1) is 0 Å². The van der Waals surface area contributed by atoms with Crippen molar-refractivity contribution in [3.8, 4) is 0 Å². The lowest BCUT2D eigenvalue weighted by Crippen LogP contribution is -2.49. The molecule has 1 aromatic rings. The van der Waals surface area contributed by atoms with Crippen LogP contribution >= 0.6 is 0 Å². The Bertz CT molecular complexity index is 591. The van der Waals surface area contributed by atoms with E-state index in [4.69, 9.17) is 16.2 Å². The lowest BCUT2D eigenvalue weighted by molar-refractivity contribution is -0.119. The third-order valence-corrected chi connectivity index (χ3v) is 3.49. The summed E-state index contributed by atoms with van der Waals surface area (Å²) in [5.74, 6) is 1.00. The zero-order valence-corrected chi connectivity index (χ0v) is 11.6. The fourth-order valence-corrected chi connectivity index (χ4v) is 2.27. The highest BCUT2D eigenvalue weighted by atomic mass is 16.5. The van der Waals surface area contributed by atoms with Gasteiger partial charge in [-0.2, -0.15) is 0 Å². The van der Waals surface area contributed by atoms with Crippen LogP contribution in [0.4, 0.5) is 0 Å². The maximum atomic E-state index is 10.7. The second-order valence-corrected chi connectivity index (χ2v) is 4.63. The standard InChI is InChI=1S/C14H20N4O2/c1-20-14(16)12-5-3-2-4-11(12)13(15)18-8-6-17(10-19)7-9-18/h2-5,10H,6-9,15-16H2,1H3/b13-11+,14-12+. The number of methoxy groups -OCH3 is 1. The summed E-state index contributed by atoms with van der Waals surface area (Å²) < 4.78 is 5.10. The van der Waals surface area contributed by atoms with E-state index in [0.29, 0.717) is 37.9 Å². The van der Waals surface area contributed by atoms with E-state index in [1.54, 1.807) is 4.90 Å². The van der Waals surface area contributed by atoms with Gasteiger partial charge in [-0.1, -0.05) is 18.2 Å². The second-order valence-electron chi connectivity index (χ2n) is 4.63. The number of carbonyl (C=O) groups excluding carboxylic acids is 1. The molecule has 1 amide bonds. The number of carbonyl (C=O) groups is 1. The van der Waals surface area contributed by atoms with Crippen LogP contribution in [-0.2, 0) is 9.53 Å². The molecule has 1 aliphatic rings. The molecule has 4 N–H and O–H groups in total. The molecule has 20 heavy (non-hydrogen) atoms. The van der Waals surface area contributed by atoms with Gasteiger partial charge in [0.05, 0.1) is 7.11 Å². The first-order chi connectivity index (χ1) is 9.67. The molecule has 0 aliphatic carbocycles. The van der Waals surface area contributed by atoms with Crippen LogP contribution in [0.15, 0.2) is 24.3 Å². The lowest BCUT2D eigenvalue weighted by Gasteiger charge is -2.34. The molecular weight excluding hydrogens is 256 g/mol. The van der Waals surface area contributed by atoms with E-state index in [9.17, 15) is 4.79 Å². The minimum atomic E-state index is 0.343. The molecule has 1 saturated heterocycles. The van der Waals surface area contributed by atoms with Crippen molar-refractivity contribution < 1.29 is 9.53 Å². The van der Waals surface area contributed by atoms with Gasteiger partial charge in [0, 0.05) is 36.6 Å². The van der Waals surface area contributed by atoms with E-state index in [1.165, 1.54) is 7.11 Å². The predicted octanol–water partition coefficient (Wildman–Crippen LogP) is -1.84. The van der Waals surface area contributed by atoms with Gasteiger partial charge < -0.3 is 26.0 Å². The molecule has 6 nitrogen and oxygen atoms in total. The molecule has 2 rings (SSSR count). The van der Waals surface area contributed by atoms with Crippen molar-refractivity contribution in [3.05, 3.63) is 34.7 Å². The van der Waals surface area contributed by atoms with Crippen LogP contribution in [0.2, 0.25) is 0 Å². The molecule has 0 atom stereocenters. The zero-order valence-electron chi connectivity index (χ0n) is 11.6. The average Bonchev–Trinajstić information content (AvgIpc) is 2.53. The first-order valence-electron chi connectivity index (χ1n) is 6.50. The average molecular weight is 276 g/mol. The summed E-state index contributed by atoms with van der Waals surface area (Å²) in [5, 5.41) is 1.64. The highest BCUT2D eigenvalue weighted by Gasteiger charge is 2.16. The van der Waals surface area contributed by atoms with Crippen molar-refractivity contribution >= 4 is 18.1 Å². The Hall–Kier alpha value is -2.37. The maximum Gasteiger partial charge on any atom is 0.209 e. The number of nitrogens with two attached hydrogens (primary N) is 2. The Kier molecular flexibility index (Phi) is 4.34. The van der Waals surface area contributed by atoms with Crippen molar-refractivity contribution in [3.63, 3.8) is 0 Å². The SMILES string of the molecule is CO/C(N)=c1\cccc\c1=C(\N)N1CCN(C=O)CC1. The van der Waals surface area contributed by atoms with Gasteiger partial charge in [-0.15, -0.1) is 0 Å². The van der Waals surface area contributed by atoms with Crippen LogP contribution in [-0.4, -0.2) is 49.5 Å². The molecule has 0 bridgehead atoms. The molecule has 0 spiro atoms. The minimum Gasteiger partial charge on any atom is -0.482 e. The Morgan fingerprint density at radius 2 is 1.75 bits per heavy atom. The van der Waals surface area contributed by atoms with Crippen LogP contribution in [0.3, 0.4) is 0 Å². The normalized spacial score (nSPS) is 18.4. The molecule has 1 fully saturated rings. The fraction of sp³-hybridized carbons (Fsp3) is 0.357. The molecule has 0 unspecified atom stereocenters. The molecule has 1 heterocycles. The highest BCUT2D eigenvalue weighted by Crippen LogP contribution is 2.03. The second kappa shape index (κ2) is 6.18. The largest absolute Gasteiger partial charge is 0.482 e. The number of ether oxygens (including phenoxy) is 1. The van der Waals surface area contributed by atoms with Crippen molar-refractivity contribution in [1.29, 1.82) is 0 Å². The fourth-order valence-electron chi connectivity index (χ4n) is 2.27. The number of rotatable bonds is 3. The van der Waals surface area contributed by atoms with Gasteiger partial charge >= 0.3 is 0 Å². The van der Waals surface area contributed by atoms with Crippen molar-refractivity contribution in [2.24, 2.45) is 11.5 Å². The Balaban J connectivity index is 2.41. The maximum absolute atomic E-state index is 10.7. The van der Waals surface area contributed by atoms with Crippen molar-refractivity contribution in [2.75, 3.05) is 33.3 Å². The van der Waals surface area contributed by atoms with E-state index in [1.807, 2.05) is 24.3 Å². The first kappa shape index (κ1) is 14.0. The predicted molar refractivity (Wildman–Crippen MR) is 77.1 cm³/mol. The molecule has 1 aliphatic heterocycles. The van der Waals surface area contributed by atoms with Crippen LogP contribution in [0.25, 0.3) is 11.7 Å². The van der Waals surface area contributed by atoms with Gasteiger partial charge in [-0.05, 0) is 6.07 Å². The summed E-state index contributed by atoms with van der Waals surface area (Å²) in [7, 11) is 1.53. The lowest BCUT2D eigenvalue weighted by atomic mass is 10.2. The van der Waals surface area contributed by atoms with E-state index in [2.05, 4.69) is 4.90 Å². The molecule has 0 saturated carbocycles. The Morgan fingerprint density at radius 3 is 2.30 bits per heavy atom. The molecular formula is C14H20N4O2. The number of hydrogen-bond acceptors (Lipinski definition) is 5. The van der Waals surface area contributed by atoms with E-state index >= 15 is 0 Å². The summed E-state index contributed by atoms with van der Waals surface area (Å²) in [4.78, 5) is 14.5. The number of amides is 1. The summed E-state index contributed by atoms with van der Waals surface area (Å²) in [6.07, 6.45) is 0.873.